The molecule has 1 aliphatic rings. The maximum absolute atomic E-state index is 13.9. The maximum atomic E-state index is 13.9. The number of rotatable bonds is 4. The van der Waals surface area contributed by atoms with Gasteiger partial charge in [0.2, 0.25) is 5.91 Å². The number of amides is 1. The van der Waals surface area contributed by atoms with Crippen molar-refractivity contribution in [3.63, 3.8) is 0 Å². The molecule has 0 aromatic heterocycles. The Kier molecular flexibility index (Phi) is 4.92. The summed E-state index contributed by atoms with van der Waals surface area (Å²) in [4.78, 5) is 11.9. The van der Waals surface area contributed by atoms with E-state index in [4.69, 9.17) is 9.47 Å². The predicted octanol–water partition coefficient (Wildman–Crippen LogP) is 1.54. The summed E-state index contributed by atoms with van der Waals surface area (Å²) in [5.74, 6) is -0.385. The Morgan fingerprint density at radius 2 is 2.35 bits per heavy atom. The Morgan fingerprint density at radius 1 is 1.55 bits per heavy atom. The third kappa shape index (κ3) is 3.91. The lowest BCUT2D eigenvalue weighted by molar-refractivity contribution is -0.120. The van der Waals surface area contributed by atoms with Crippen molar-refractivity contribution in [1.29, 1.82) is 0 Å². The molecule has 2 N–H and O–H groups in total. The van der Waals surface area contributed by atoms with E-state index in [1.165, 1.54) is 12.1 Å². The average Bonchev–Trinajstić information content (AvgIpc) is 2.42. The molecule has 5 nitrogen and oxygen atoms in total. The van der Waals surface area contributed by atoms with E-state index in [9.17, 15) is 9.18 Å². The second-order valence-corrected chi connectivity index (χ2v) is 4.88. The second-order valence-electron chi connectivity index (χ2n) is 4.88. The first-order valence-corrected chi connectivity index (χ1v) is 6.64. The fourth-order valence-electron chi connectivity index (χ4n) is 1.90. The van der Waals surface area contributed by atoms with Crippen molar-refractivity contribution in [1.82, 2.24) is 5.32 Å². The molecule has 0 aliphatic carbocycles. The number of benzene rings is 1. The van der Waals surface area contributed by atoms with Gasteiger partial charge in [-0.3, -0.25) is 4.79 Å². The van der Waals surface area contributed by atoms with Crippen LogP contribution in [-0.2, 0) is 9.53 Å². The molecule has 0 radical (unpaired) electrons. The Morgan fingerprint density at radius 3 is 2.95 bits per heavy atom. The molecule has 20 heavy (non-hydrogen) atoms. The SMILES string of the molecule is CC(C)Oc1ccc(NC(=O)C2COCCN2)c(F)c1. The molecule has 1 unspecified atom stereocenters. The maximum Gasteiger partial charge on any atom is 0.243 e. The molecule has 1 saturated heterocycles. The average molecular weight is 282 g/mol. The van der Waals surface area contributed by atoms with E-state index in [1.807, 2.05) is 13.8 Å². The van der Waals surface area contributed by atoms with Gasteiger partial charge >= 0.3 is 0 Å². The molecule has 2 rings (SSSR count). The van der Waals surface area contributed by atoms with Crippen LogP contribution in [0.5, 0.6) is 5.75 Å². The highest BCUT2D eigenvalue weighted by Gasteiger charge is 2.22. The number of halogens is 1. The van der Waals surface area contributed by atoms with Gasteiger partial charge in [0.1, 0.15) is 17.6 Å². The monoisotopic (exact) mass is 282 g/mol. The number of anilines is 1. The summed E-state index contributed by atoms with van der Waals surface area (Å²) < 4.78 is 24.5. The Hall–Kier alpha value is -1.66. The molecule has 110 valence electrons. The quantitative estimate of drug-likeness (QED) is 0.879. The molecular formula is C14H19FN2O3. The standard InChI is InChI=1S/C14H19FN2O3/c1-9(2)20-10-3-4-12(11(15)7-10)17-14(18)13-8-19-6-5-16-13/h3-4,7,9,13,16H,5-6,8H2,1-2H3,(H,17,18). The zero-order chi connectivity index (χ0) is 14.5. The second kappa shape index (κ2) is 6.67. The highest BCUT2D eigenvalue weighted by atomic mass is 19.1. The van der Waals surface area contributed by atoms with Gasteiger partial charge in [-0.1, -0.05) is 0 Å². The van der Waals surface area contributed by atoms with Crippen LogP contribution in [0.15, 0.2) is 18.2 Å². The van der Waals surface area contributed by atoms with Gasteiger partial charge in [-0.15, -0.1) is 0 Å². The highest BCUT2D eigenvalue weighted by molar-refractivity contribution is 5.95. The van der Waals surface area contributed by atoms with E-state index in [0.29, 0.717) is 25.5 Å². The number of morpholine rings is 1. The van der Waals surface area contributed by atoms with Crippen LogP contribution in [0.25, 0.3) is 0 Å². The summed E-state index contributed by atoms with van der Waals surface area (Å²) in [5, 5.41) is 5.56. The van der Waals surface area contributed by atoms with Crippen molar-refractivity contribution in [2.75, 3.05) is 25.1 Å². The molecule has 6 heteroatoms. The molecule has 1 heterocycles. The van der Waals surface area contributed by atoms with Crippen molar-refractivity contribution in [3.05, 3.63) is 24.0 Å². The van der Waals surface area contributed by atoms with Crippen LogP contribution in [0.3, 0.4) is 0 Å². The van der Waals surface area contributed by atoms with Gasteiger partial charge in [0.25, 0.3) is 0 Å². The van der Waals surface area contributed by atoms with Crippen molar-refractivity contribution in [2.24, 2.45) is 0 Å². The third-order valence-electron chi connectivity index (χ3n) is 2.81. The number of ether oxygens (including phenoxy) is 2. The largest absolute Gasteiger partial charge is 0.491 e. The molecule has 1 atom stereocenters. The van der Waals surface area contributed by atoms with Crippen LogP contribution >= 0.6 is 0 Å². The lowest BCUT2D eigenvalue weighted by Gasteiger charge is -2.23. The first-order chi connectivity index (χ1) is 9.56. The van der Waals surface area contributed by atoms with Crippen molar-refractivity contribution in [2.45, 2.75) is 26.0 Å². The van der Waals surface area contributed by atoms with Gasteiger partial charge in [0.05, 0.1) is 25.0 Å². The molecule has 0 bridgehead atoms. The highest BCUT2D eigenvalue weighted by Crippen LogP contribution is 2.21. The Balaban J connectivity index is 2.00. The van der Waals surface area contributed by atoms with Crippen LogP contribution in [0, 0.1) is 5.82 Å². The normalized spacial score (nSPS) is 18.9. The first kappa shape index (κ1) is 14.7. The van der Waals surface area contributed by atoms with E-state index >= 15 is 0 Å². The summed E-state index contributed by atoms with van der Waals surface area (Å²) in [6.45, 7) is 5.22. The minimum Gasteiger partial charge on any atom is -0.491 e. The van der Waals surface area contributed by atoms with Gasteiger partial charge in [-0.25, -0.2) is 4.39 Å². The van der Waals surface area contributed by atoms with E-state index in [0.717, 1.165) is 0 Å². The molecule has 1 fully saturated rings. The lowest BCUT2D eigenvalue weighted by Crippen LogP contribution is -2.48. The summed E-state index contributed by atoms with van der Waals surface area (Å²) in [7, 11) is 0. The van der Waals surface area contributed by atoms with E-state index in [-0.39, 0.29) is 17.7 Å². The van der Waals surface area contributed by atoms with Gasteiger partial charge < -0.3 is 20.1 Å². The number of carbonyl (C=O) groups excluding carboxylic acids is 1. The molecule has 1 amide bonds. The zero-order valence-corrected chi connectivity index (χ0v) is 11.6. The van der Waals surface area contributed by atoms with Crippen LogP contribution in [-0.4, -0.2) is 37.8 Å². The summed E-state index contributed by atoms with van der Waals surface area (Å²) in [6, 6.07) is 3.94. The van der Waals surface area contributed by atoms with Gasteiger partial charge in [-0.05, 0) is 26.0 Å². The predicted molar refractivity (Wildman–Crippen MR) is 73.4 cm³/mol. The molecule has 1 aliphatic heterocycles. The minimum absolute atomic E-state index is 0.0292. The molecule has 1 aromatic carbocycles. The van der Waals surface area contributed by atoms with E-state index in [1.54, 1.807) is 6.07 Å². The summed E-state index contributed by atoms with van der Waals surface area (Å²) >= 11 is 0. The summed E-state index contributed by atoms with van der Waals surface area (Å²) in [5.41, 5.74) is 0.137. The van der Waals surface area contributed by atoms with E-state index < -0.39 is 11.9 Å². The van der Waals surface area contributed by atoms with Gasteiger partial charge in [0.15, 0.2) is 0 Å². The van der Waals surface area contributed by atoms with Gasteiger partial charge in [-0.2, -0.15) is 0 Å². The first-order valence-electron chi connectivity index (χ1n) is 6.64. The topological polar surface area (TPSA) is 59.6 Å². The fraction of sp³-hybridized carbons (Fsp3) is 0.500. The molecular weight excluding hydrogens is 263 g/mol. The Bertz CT molecular complexity index is 473. The lowest BCUT2D eigenvalue weighted by atomic mass is 10.2. The molecule has 0 saturated carbocycles. The zero-order valence-electron chi connectivity index (χ0n) is 11.6. The fourth-order valence-corrected chi connectivity index (χ4v) is 1.90. The smallest absolute Gasteiger partial charge is 0.243 e. The van der Waals surface area contributed by atoms with Gasteiger partial charge in [0, 0.05) is 12.6 Å². The van der Waals surface area contributed by atoms with Crippen molar-refractivity contribution < 1.29 is 18.7 Å². The van der Waals surface area contributed by atoms with Crippen LogP contribution < -0.4 is 15.4 Å². The van der Waals surface area contributed by atoms with E-state index in [2.05, 4.69) is 10.6 Å². The number of hydrogen-bond acceptors (Lipinski definition) is 4. The van der Waals surface area contributed by atoms with Crippen molar-refractivity contribution >= 4 is 11.6 Å². The number of hydrogen-bond donors (Lipinski definition) is 2. The minimum atomic E-state index is -0.520. The molecule has 1 aromatic rings. The molecule has 0 spiro atoms. The Labute approximate surface area is 117 Å². The van der Waals surface area contributed by atoms with Crippen molar-refractivity contribution in [3.8, 4) is 5.75 Å². The van der Waals surface area contributed by atoms with Crippen LogP contribution in [0.1, 0.15) is 13.8 Å². The third-order valence-corrected chi connectivity index (χ3v) is 2.81. The number of nitrogens with one attached hydrogen (secondary N) is 2. The van der Waals surface area contributed by atoms with Crippen LogP contribution in [0.2, 0.25) is 0 Å². The number of carbonyl (C=O) groups is 1. The summed E-state index contributed by atoms with van der Waals surface area (Å²) in [6.07, 6.45) is -0.0292. The van der Waals surface area contributed by atoms with Crippen LogP contribution in [0.4, 0.5) is 10.1 Å².